The fourth-order valence-electron chi connectivity index (χ4n) is 3.01. The first-order valence-electron chi connectivity index (χ1n) is 8.30. The summed E-state index contributed by atoms with van der Waals surface area (Å²) in [5.74, 6) is 0.224. The van der Waals surface area contributed by atoms with Crippen LogP contribution in [-0.2, 0) is 11.2 Å². The van der Waals surface area contributed by atoms with Crippen LogP contribution in [0, 0.1) is 0 Å². The van der Waals surface area contributed by atoms with Crippen LogP contribution in [0.2, 0.25) is 0 Å². The van der Waals surface area contributed by atoms with Crippen molar-refractivity contribution in [1.82, 2.24) is 5.32 Å². The first-order valence-corrected chi connectivity index (χ1v) is 8.30. The number of unbranched alkanes of at least 4 members (excludes halogenated alkanes) is 1. The molecule has 2 rings (SSSR count). The van der Waals surface area contributed by atoms with E-state index >= 15 is 0 Å². The molecule has 0 saturated carbocycles. The average molecular weight is 288 g/mol. The number of benzene rings is 1. The summed E-state index contributed by atoms with van der Waals surface area (Å²) in [6.07, 6.45) is 6.33. The van der Waals surface area contributed by atoms with Gasteiger partial charge in [0.05, 0.1) is 0 Å². The molecule has 116 valence electrons. The average Bonchev–Trinajstić information content (AvgIpc) is 2.51. The molecular formula is C18H28N2O. The Hall–Kier alpha value is -1.35. The molecule has 0 fully saturated rings. The highest BCUT2D eigenvalue weighted by Crippen LogP contribution is 2.30. The molecule has 0 aliphatic carbocycles. The molecule has 1 aliphatic rings. The summed E-state index contributed by atoms with van der Waals surface area (Å²) in [5, 5.41) is 3.67. The van der Waals surface area contributed by atoms with Crippen molar-refractivity contribution in [2.24, 2.45) is 0 Å². The van der Waals surface area contributed by atoms with Crippen LogP contribution in [-0.4, -0.2) is 19.5 Å². The molecule has 0 spiro atoms. The molecule has 1 aromatic carbocycles. The van der Waals surface area contributed by atoms with Gasteiger partial charge in [-0.3, -0.25) is 4.79 Å². The number of hydrogen-bond donors (Lipinski definition) is 1. The van der Waals surface area contributed by atoms with E-state index in [9.17, 15) is 4.79 Å². The van der Waals surface area contributed by atoms with Crippen molar-refractivity contribution >= 4 is 11.6 Å². The Bertz CT molecular complexity index is 476. The SMILES string of the molecule is CCCCC(NCCC)c1ccc2c(c1)CCC(=O)N2C. The lowest BCUT2D eigenvalue weighted by Crippen LogP contribution is -2.31. The van der Waals surface area contributed by atoms with E-state index in [2.05, 4.69) is 37.4 Å². The van der Waals surface area contributed by atoms with Crippen LogP contribution in [0.25, 0.3) is 0 Å². The molecule has 0 radical (unpaired) electrons. The summed E-state index contributed by atoms with van der Waals surface area (Å²) in [6.45, 7) is 5.51. The number of rotatable bonds is 7. The molecule has 1 unspecified atom stereocenters. The molecule has 3 heteroatoms. The van der Waals surface area contributed by atoms with Crippen LogP contribution in [0.5, 0.6) is 0 Å². The number of nitrogens with zero attached hydrogens (tertiary/aromatic N) is 1. The van der Waals surface area contributed by atoms with Crippen molar-refractivity contribution in [2.45, 2.75) is 58.4 Å². The smallest absolute Gasteiger partial charge is 0.227 e. The van der Waals surface area contributed by atoms with Crippen LogP contribution < -0.4 is 10.2 Å². The van der Waals surface area contributed by atoms with Gasteiger partial charge in [-0.1, -0.05) is 38.8 Å². The van der Waals surface area contributed by atoms with Crippen LogP contribution in [0.4, 0.5) is 5.69 Å². The Morgan fingerprint density at radius 1 is 1.24 bits per heavy atom. The van der Waals surface area contributed by atoms with E-state index in [1.165, 1.54) is 30.4 Å². The highest BCUT2D eigenvalue weighted by molar-refractivity contribution is 5.95. The van der Waals surface area contributed by atoms with E-state index in [4.69, 9.17) is 0 Å². The number of nitrogens with one attached hydrogen (secondary N) is 1. The predicted molar refractivity (Wildman–Crippen MR) is 88.7 cm³/mol. The van der Waals surface area contributed by atoms with E-state index in [1.807, 2.05) is 7.05 Å². The number of aryl methyl sites for hydroxylation is 1. The molecule has 1 aliphatic heterocycles. The molecule has 1 aromatic rings. The molecule has 3 nitrogen and oxygen atoms in total. The maximum Gasteiger partial charge on any atom is 0.227 e. The van der Waals surface area contributed by atoms with Crippen LogP contribution in [0.1, 0.15) is 63.1 Å². The molecule has 0 bridgehead atoms. The van der Waals surface area contributed by atoms with Gasteiger partial charge in [-0.25, -0.2) is 0 Å². The maximum absolute atomic E-state index is 11.8. The summed E-state index contributed by atoms with van der Waals surface area (Å²) < 4.78 is 0. The molecule has 1 atom stereocenters. The van der Waals surface area contributed by atoms with Gasteiger partial charge in [0, 0.05) is 25.2 Å². The minimum atomic E-state index is 0.224. The largest absolute Gasteiger partial charge is 0.315 e. The van der Waals surface area contributed by atoms with Crippen molar-refractivity contribution in [1.29, 1.82) is 0 Å². The van der Waals surface area contributed by atoms with E-state index in [0.717, 1.165) is 25.1 Å². The Morgan fingerprint density at radius 3 is 2.76 bits per heavy atom. The van der Waals surface area contributed by atoms with Crippen molar-refractivity contribution < 1.29 is 4.79 Å². The molecule has 0 aromatic heterocycles. The lowest BCUT2D eigenvalue weighted by Gasteiger charge is -2.27. The fourth-order valence-corrected chi connectivity index (χ4v) is 3.01. The van der Waals surface area contributed by atoms with Gasteiger partial charge in [0.25, 0.3) is 0 Å². The summed E-state index contributed by atoms with van der Waals surface area (Å²) in [6, 6.07) is 7.06. The lowest BCUT2D eigenvalue weighted by atomic mass is 9.94. The monoisotopic (exact) mass is 288 g/mol. The highest BCUT2D eigenvalue weighted by atomic mass is 16.2. The van der Waals surface area contributed by atoms with Crippen molar-refractivity contribution in [3.63, 3.8) is 0 Å². The zero-order valence-corrected chi connectivity index (χ0v) is 13.6. The van der Waals surface area contributed by atoms with Gasteiger partial charge >= 0.3 is 0 Å². The van der Waals surface area contributed by atoms with Gasteiger partial charge in [-0.15, -0.1) is 0 Å². The molecule has 0 saturated heterocycles. The van der Waals surface area contributed by atoms with E-state index in [1.54, 1.807) is 4.90 Å². The second kappa shape index (κ2) is 7.60. The van der Waals surface area contributed by atoms with Gasteiger partial charge in [0.15, 0.2) is 0 Å². The van der Waals surface area contributed by atoms with Gasteiger partial charge in [0.2, 0.25) is 5.91 Å². The third kappa shape index (κ3) is 3.85. The third-order valence-electron chi connectivity index (χ3n) is 4.34. The molecule has 1 amide bonds. The molecule has 1 N–H and O–H groups in total. The fraction of sp³-hybridized carbons (Fsp3) is 0.611. The van der Waals surface area contributed by atoms with Gasteiger partial charge in [0.1, 0.15) is 0 Å². The minimum absolute atomic E-state index is 0.224. The van der Waals surface area contributed by atoms with Crippen molar-refractivity contribution in [3.8, 4) is 0 Å². The second-order valence-corrected chi connectivity index (χ2v) is 5.99. The first-order chi connectivity index (χ1) is 10.2. The molecular weight excluding hydrogens is 260 g/mol. The standard InChI is InChI=1S/C18H28N2O/c1-4-6-7-16(19-12-5-2)14-8-10-17-15(13-14)9-11-18(21)20(17)3/h8,10,13,16,19H,4-7,9,11-12H2,1-3H3. The van der Waals surface area contributed by atoms with Crippen molar-refractivity contribution in [2.75, 3.05) is 18.5 Å². The molecule has 21 heavy (non-hydrogen) atoms. The maximum atomic E-state index is 11.8. The first kappa shape index (κ1) is 16.0. The number of fused-ring (bicyclic) bond motifs is 1. The summed E-state index contributed by atoms with van der Waals surface area (Å²) in [5.41, 5.74) is 3.77. The van der Waals surface area contributed by atoms with Crippen LogP contribution in [0.15, 0.2) is 18.2 Å². The zero-order valence-electron chi connectivity index (χ0n) is 13.6. The Kier molecular flexibility index (Phi) is 5.80. The Balaban J connectivity index is 2.19. The lowest BCUT2D eigenvalue weighted by molar-refractivity contribution is -0.118. The van der Waals surface area contributed by atoms with Gasteiger partial charge in [-0.05, 0) is 43.0 Å². The van der Waals surface area contributed by atoms with E-state index in [0.29, 0.717) is 12.5 Å². The minimum Gasteiger partial charge on any atom is -0.315 e. The summed E-state index contributed by atoms with van der Waals surface area (Å²) in [4.78, 5) is 13.6. The number of hydrogen-bond acceptors (Lipinski definition) is 2. The number of anilines is 1. The van der Waals surface area contributed by atoms with E-state index < -0.39 is 0 Å². The van der Waals surface area contributed by atoms with E-state index in [-0.39, 0.29) is 5.91 Å². The quantitative estimate of drug-likeness (QED) is 0.827. The molecule has 1 heterocycles. The number of carbonyl (C=O) groups is 1. The normalized spacial score (nSPS) is 16.0. The zero-order chi connectivity index (χ0) is 15.2. The van der Waals surface area contributed by atoms with Gasteiger partial charge < -0.3 is 10.2 Å². The highest BCUT2D eigenvalue weighted by Gasteiger charge is 2.22. The van der Waals surface area contributed by atoms with Crippen molar-refractivity contribution in [3.05, 3.63) is 29.3 Å². The number of amides is 1. The Morgan fingerprint density at radius 2 is 2.05 bits per heavy atom. The third-order valence-corrected chi connectivity index (χ3v) is 4.34. The summed E-state index contributed by atoms with van der Waals surface area (Å²) >= 11 is 0. The number of carbonyl (C=O) groups excluding carboxylic acids is 1. The second-order valence-electron chi connectivity index (χ2n) is 5.99. The van der Waals surface area contributed by atoms with Crippen LogP contribution >= 0.6 is 0 Å². The topological polar surface area (TPSA) is 32.3 Å². The summed E-state index contributed by atoms with van der Waals surface area (Å²) in [7, 11) is 1.88. The predicted octanol–water partition coefficient (Wildman–Crippen LogP) is 3.83. The van der Waals surface area contributed by atoms with Gasteiger partial charge in [-0.2, -0.15) is 0 Å². The Labute approximate surface area is 128 Å². The van der Waals surface area contributed by atoms with Crippen LogP contribution in [0.3, 0.4) is 0 Å².